The van der Waals surface area contributed by atoms with Crippen molar-refractivity contribution in [3.8, 4) is 0 Å². The number of hydrogen-bond acceptors (Lipinski definition) is 4. The molecule has 0 aliphatic heterocycles. The van der Waals surface area contributed by atoms with Crippen LogP contribution >= 0.6 is 11.6 Å². The summed E-state index contributed by atoms with van der Waals surface area (Å²) >= 11 is 5.84. The van der Waals surface area contributed by atoms with Crippen LogP contribution in [0, 0.1) is 5.82 Å². The molecule has 0 radical (unpaired) electrons. The van der Waals surface area contributed by atoms with Crippen LogP contribution in [0.3, 0.4) is 0 Å². The van der Waals surface area contributed by atoms with Crippen molar-refractivity contribution < 1.29 is 22.3 Å². The minimum atomic E-state index is -3.65. The zero-order chi connectivity index (χ0) is 17.0. The normalized spacial score (nSPS) is 11.3. The largest absolute Gasteiger partial charge is 0.457 e. The van der Waals surface area contributed by atoms with Crippen molar-refractivity contribution in [1.82, 2.24) is 4.72 Å². The first kappa shape index (κ1) is 17.4. The highest BCUT2D eigenvalue weighted by molar-refractivity contribution is 7.89. The van der Waals surface area contributed by atoms with Gasteiger partial charge in [-0.3, -0.25) is 0 Å². The molecule has 1 N–H and O–H groups in total. The van der Waals surface area contributed by atoms with Crippen molar-refractivity contribution in [2.75, 3.05) is 7.05 Å². The number of carbonyl (C=O) groups excluding carboxylic acids is 1. The lowest BCUT2D eigenvalue weighted by molar-refractivity contribution is 0.0472. The summed E-state index contributed by atoms with van der Waals surface area (Å²) in [7, 11) is -2.38. The van der Waals surface area contributed by atoms with Crippen molar-refractivity contribution in [3.05, 3.63) is 64.4 Å². The molecule has 0 heterocycles. The van der Waals surface area contributed by atoms with Crippen molar-refractivity contribution in [2.45, 2.75) is 11.5 Å². The highest BCUT2D eigenvalue weighted by Crippen LogP contribution is 2.19. The molecule has 0 saturated carbocycles. The Morgan fingerprint density at radius 1 is 1.26 bits per heavy atom. The van der Waals surface area contributed by atoms with Crippen LogP contribution in [0.4, 0.5) is 4.39 Å². The molecule has 0 bridgehead atoms. The summed E-state index contributed by atoms with van der Waals surface area (Å²) in [5, 5.41) is 0.143. The average molecular weight is 358 g/mol. The van der Waals surface area contributed by atoms with Crippen molar-refractivity contribution in [1.29, 1.82) is 0 Å². The number of nitrogens with one attached hydrogen (secondary N) is 1. The summed E-state index contributed by atoms with van der Waals surface area (Å²) in [4.78, 5) is 12.0. The molecule has 0 aliphatic rings. The topological polar surface area (TPSA) is 72.5 Å². The third kappa shape index (κ3) is 4.28. The van der Waals surface area contributed by atoms with E-state index in [1.54, 1.807) is 0 Å². The number of halogens is 2. The van der Waals surface area contributed by atoms with Crippen LogP contribution in [0.25, 0.3) is 0 Å². The van der Waals surface area contributed by atoms with Crippen molar-refractivity contribution in [2.24, 2.45) is 0 Å². The number of carbonyl (C=O) groups is 1. The van der Waals surface area contributed by atoms with Crippen LogP contribution in [0.2, 0.25) is 5.02 Å². The van der Waals surface area contributed by atoms with Crippen molar-refractivity contribution in [3.63, 3.8) is 0 Å². The molecule has 0 atom stereocenters. The number of benzene rings is 2. The van der Waals surface area contributed by atoms with Gasteiger partial charge in [0.2, 0.25) is 10.0 Å². The van der Waals surface area contributed by atoms with E-state index in [1.165, 1.54) is 43.4 Å². The molecule has 2 aromatic carbocycles. The highest BCUT2D eigenvalue weighted by atomic mass is 35.5. The Hall–Kier alpha value is -1.96. The smallest absolute Gasteiger partial charge is 0.338 e. The van der Waals surface area contributed by atoms with Gasteiger partial charge in [0.25, 0.3) is 0 Å². The third-order valence-corrected chi connectivity index (χ3v) is 4.79. The maximum Gasteiger partial charge on any atom is 0.338 e. The molecule has 23 heavy (non-hydrogen) atoms. The van der Waals surface area contributed by atoms with E-state index in [4.69, 9.17) is 16.3 Å². The monoisotopic (exact) mass is 357 g/mol. The van der Waals surface area contributed by atoms with Crippen LogP contribution in [-0.4, -0.2) is 21.4 Å². The fourth-order valence-corrected chi connectivity index (χ4v) is 2.77. The summed E-state index contributed by atoms with van der Waals surface area (Å²) in [6.07, 6.45) is 0. The first-order valence-electron chi connectivity index (χ1n) is 6.48. The van der Waals surface area contributed by atoms with Crippen LogP contribution in [-0.2, 0) is 21.4 Å². The Bertz CT molecular complexity index is 839. The van der Waals surface area contributed by atoms with Gasteiger partial charge in [-0.1, -0.05) is 23.7 Å². The fourth-order valence-electron chi connectivity index (χ4n) is 1.77. The first-order chi connectivity index (χ1) is 10.8. The van der Waals surface area contributed by atoms with Gasteiger partial charge in [-0.15, -0.1) is 0 Å². The van der Waals surface area contributed by atoms with Gasteiger partial charge in [-0.05, 0) is 37.4 Å². The molecule has 2 aromatic rings. The Morgan fingerprint density at radius 3 is 2.65 bits per heavy atom. The van der Waals surface area contributed by atoms with Gasteiger partial charge in [-0.25, -0.2) is 22.3 Å². The second-order valence-corrected chi connectivity index (χ2v) is 6.84. The summed E-state index contributed by atoms with van der Waals surface area (Å²) < 4.78 is 43.6. The van der Waals surface area contributed by atoms with E-state index < -0.39 is 21.8 Å². The van der Waals surface area contributed by atoms with E-state index in [9.17, 15) is 17.6 Å². The quantitative estimate of drug-likeness (QED) is 0.835. The zero-order valence-electron chi connectivity index (χ0n) is 12.0. The lowest BCUT2D eigenvalue weighted by atomic mass is 10.2. The molecule has 0 aromatic heterocycles. The van der Waals surface area contributed by atoms with Gasteiger partial charge in [0, 0.05) is 5.56 Å². The minimum Gasteiger partial charge on any atom is -0.457 e. The third-order valence-electron chi connectivity index (χ3n) is 3.02. The molecule has 8 heteroatoms. The Morgan fingerprint density at radius 2 is 2.00 bits per heavy atom. The van der Waals surface area contributed by atoms with Gasteiger partial charge >= 0.3 is 5.97 Å². The van der Waals surface area contributed by atoms with E-state index in [0.29, 0.717) is 5.56 Å². The standard InChI is InChI=1S/C15H13ClFNO4S/c1-18-23(20,21)13-4-2-3-10(7-13)15(19)22-9-11-5-6-12(17)8-14(11)16/h2-8,18H,9H2,1H3. The molecule has 122 valence electrons. The zero-order valence-corrected chi connectivity index (χ0v) is 13.6. The van der Waals surface area contributed by atoms with E-state index >= 15 is 0 Å². The molecule has 0 unspecified atom stereocenters. The van der Waals surface area contributed by atoms with Gasteiger partial charge in [0.15, 0.2) is 0 Å². The molecule has 0 fully saturated rings. The fraction of sp³-hybridized carbons (Fsp3) is 0.133. The highest BCUT2D eigenvalue weighted by Gasteiger charge is 2.15. The van der Waals surface area contributed by atoms with E-state index in [1.807, 2.05) is 0 Å². The second-order valence-electron chi connectivity index (χ2n) is 4.55. The molecule has 0 amide bonds. The number of sulfonamides is 1. The van der Waals surface area contributed by atoms with Crippen LogP contribution in [0.5, 0.6) is 0 Å². The molecular formula is C15H13ClFNO4S. The molecular weight excluding hydrogens is 345 g/mol. The Labute approximate surface area is 138 Å². The number of hydrogen-bond donors (Lipinski definition) is 1. The number of ether oxygens (including phenoxy) is 1. The Balaban J connectivity index is 2.14. The summed E-state index contributed by atoms with van der Waals surface area (Å²) in [5.41, 5.74) is 0.528. The minimum absolute atomic E-state index is 0.0470. The summed E-state index contributed by atoms with van der Waals surface area (Å²) in [6, 6.07) is 9.17. The molecule has 0 spiro atoms. The molecule has 0 aliphatic carbocycles. The van der Waals surface area contributed by atoms with Gasteiger partial charge in [0.05, 0.1) is 15.5 Å². The SMILES string of the molecule is CNS(=O)(=O)c1cccc(C(=O)OCc2ccc(F)cc2Cl)c1. The number of esters is 1. The van der Waals surface area contributed by atoms with Gasteiger partial charge in [-0.2, -0.15) is 0 Å². The average Bonchev–Trinajstić information content (AvgIpc) is 2.54. The lowest BCUT2D eigenvalue weighted by Gasteiger charge is -2.08. The predicted molar refractivity (Wildman–Crippen MR) is 83.2 cm³/mol. The molecule has 0 saturated heterocycles. The summed E-state index contributed by atoms with van der Waals surface area (Å²) in [5.74, 6) is -1.20. The van der Waals surface area contributed by atoms with Crippen LogP contribution in [0.15, 0.2) is 47.4 Å². The lowest BCUT2D eigenvalue weighted by Crippen LogP contribution is -2.19. The van der Waals surface area contributed by atoms with Gasteiger partial charge < -0.3 is 4.74 Å². The Kier molecular flexibility index (Phi) is 5.35. The maximum absolute atomic E-state index is 12.9. The van der Waals surface area contributed by atoms with E-state index in [-0.39, 0.29) is 22.1 Å². The summed E-state index contributed by atoms with van der Waals surface area (Å²) in [6.45, 7) is -0.152. The van der Waals surface area contributed by atoms with Gasteiger partial charge in [0.1, 0.15) is 12.4 Å². The van der Waals surface area contributed by atoms with Crippen LogP contribution in [0.1, 0.15) is 15.9 Å². The second kappa shape index (κ2) is 7.08. The predicted octanol–water partition coefficient (Wildman–Crippen LogP) is 2.74. The number of rotatable bonds is 5. The molecule has 5 nitrogen and oxygen atoms in total. The van der Waals surface area contributed by atoms with Crippen molar-refractivity contribution >= 4 is 27.6 Å². The molecule has 2 rings (SSSR count). The van der Waals surface area contributed by atoms with E-state index in [2.05, 4.69) is 4.72 Å². The van der Waals surface area contributed by atoms with Crippen LogP contribution < -0.4 is 4.72 Å². The maximum atomic E-state index is 12.9. The van der Waals surface area contributed by atoms with E-state index in [0.717, 1.165) is 6.07 Å². The first-order valence-corrected chi connectivity index (χ1v) is 8.34.